The fourth-order valence-corrected chi connectivity index (χ4v) is 3.20. The molecule has 29 heavy (non-hydrogen) atoms. The van der Waals surface area contributed by atoms with E-state index in [0.29, 0.717) is 13.0 Å². The van der Waals surface area contributed by atoms with Crippen LogP contribution >= 0.6 is 0 Å². The first kappa shape index (κ1) is 27.7. The lowest BCUT2D eigenvalue weighted by Crippen LogP contribution is -2.14. The first-order chi connectivity index (χ1) is 14.2. The van der Waals surface area contributed by atoms with Crippen LogP contribution in [0.2, 0.25) is 0 Å². The Kier molecular flexibility index (Phi) is 21.9. The normalized spacial score (nSPS) is 11.1. The Hall–Kier alpha value is -1.32. The fraction of sp³-hybridized carbons (Fsp3) is 0.840. The van der Waals surface area contributed by atoms with Crippen molar-refractivity contribution >= 4 is 12.1 Å². The van der Waals surface area contributed by atoms with Crippen LogP contribution in [0.15, 0.2) is 12.2 Å². The number of carbonyl (C=O) groups excluding carboxylic acids is 2. The van der Waals surface area contributed by atoms with Crippen LogP contribution in [-0.2, 0) is 14.3 Å². The maximum Gasteiger partial charge on any atom is 0.516 e. The number of unbranched alkanes of at least 4 members (excludes halogenated alkanes) is 14. The number of carbonyl (C=O) groups is 2. The molecule has 0 fully saturated rings. The molecule has 0 heterocycles. The summed E-state index contributed by atoms with van der Waals surface area (Å²) in [7, 11) is 0. The molecule has 0 radical (unpaired) electrons. The van der Waals surface area contributed by atoms with E-state index in [0.717, 1.165) is 51.4 Å². The van der Waals surface area contributed by atoms with Gasteiger partial charge in [-0.15, -0.1) is 0 Å². The van der Waals surface area contributed by atoms with Gasteiger partial charge in [-0.1, -0.05) is 96.6 Å². The van der Waals surface area contributed by atoms with E-state index in [1.54, 1.807) is 0 Å². The number of esters is 1. The lowest BCUT2D eigenvalue weighted by atomic mass is 10.1. The molecular weight excluding hydrogens is 364 g/mol. The summed E-state index contributed by atoms with van der Waals surface area (Å²) >= 11 is 0. The molecule has 0 N–H and O–H groups in total. The van der Waals surface area contributed by atoms with E-state index >= 15 is 0 Å². The van der Waals surface area contributed by atoms with Crippen molar-refractivity contribution < 1.29 is 19.1 Å². The summed E-state index contributed by atoms with van der Waals surface area (Å²) in [5, 5.41) is 0. The molecule has 0 atom stereocenters. The van der Waals surface area contributed by atoms with Gasteiger partial charge in [0.25, 0.3) is 0 Å². The molecule has 4 nitrogen and oxygen atoms in total. The van der Waals surface area contributed by atoms with Crippen LogP contribution in [0.5, 0.6) is 0 Å². The molecule has 0 rings (SSSR count). The van der Waals surface area contributed by atoms with Crippen LogP contribution in [0, 0.1) is 0 Å². The lowest BCUT2D eigenvalue weighted by molar-refractivity contribution is -0.139. The number of hydrogen-bond donors (Lipinski definition) is 0. The van der Waals surface area contributed by atoms with Crippen LogP contribution in [0.1, 0.15) is 129 Å². The predicted molar refractivity (Wildman–Crippen MR) is 121 cm³/mol. The van der Waals surface area contributed by atoms with E-state index in [4.69, 9.17) is 4.74 Å². The van der Waals surface area contributed by atoms with Crippen LogP contribution < -0.4 is 0 Å². The molecule has 0 aliphatic heterocycles. The van der Waals surface area contributed by atoms with Crippen molar-refractivity contribution in [1.82, 2.24) is 0 Å². The van der Waals surface area contributed by atoms with Crippen molar-refractivity contribution in [2.75, 3.05) is 6.61 Å². The van der Waals surface area contributed by atoms with Crippen molar-refractivity contribution in [2.45, 2.75) is 129 Å². The largest absolute Gasteiger partial charge is 0.516 e. The molecule has 0 amide bonds. The lowest BCUT2D eigenvalue weighted by Gasteiger charge is -2.05. The maximum absolute atomic E-state index is 11.6. The van der Waals surface area contributed by atoms with E-state index in [2.05, 4.69) is 30.7 Å². The Morgan fingerprint density at radius 3 is 1.69 bits per heavy atom. The maximum atomic E-state index is 11.6. The third-order valence-electron chi connectivity index (χ3n) is 5.06. The molecule has 0 aromatic rings. The van der Waals surface area contributed by atoms with Gasteiger partial charge < -0.3 is 9.47 Å². The van der Waals surface area contributed by atoms with Gasteiger partial charge in [0, 0.05) is 6.42 Å². The topological polar surface area (TPSA) is 52.6 Å². The van der Waals surface area contributed by atoms with Crippen molar-refractivity contribution in [3.63, 3.8) is 0 Å². The Labute approximate surface area is 179 Å². The van der Waals surface area contributed by atoms with E-state index < -0.39 is 12.1 Å². The summed E-state index contributed by atoms with van der Waals surface area (Å²) in [5.74, 6) is -0.471. The number of rotatable bonds is 20. The van der Waals surface area contributed by atoms with Crippen molar-refractivity contribution in [3.05, 3.63) is 12.2 Å². The second-order valence-electron chi connectivity index (χ2n) is 7.97. The quantitative estimate of drug-likeness (QED) is 0.0876. The van der Waals surface area contributed by atoms with Gasteiger partial charge in [0.15, 0.2) is 0 Å². The second kappa shape index (κ2) is 23.0. The summed E-state index contributed by atoms with van der Waals surface area (Å²) in [6.45, 7) is 4.72. The van der Waals surface area contributed by atoms with E-state index in [1.807, 2.05) is 0 Å². The first-order valence-electron chi connectivity index (χ1n) is 12.2. The first-order valence-corrected chi connectivity index (χ1v) is 12.2. The highest BCUT2D eigenvalue weighted by Gasteiger charge is 2.11. The standard InChI is InChI=1S/C25H46O4/c1-3-5-7-9-10-11-12-13-14-15-16-17-18-19-20-22-24(26)29-25(27)28-23-21-8-6-4-2/h13-14H,3-12,15-23H2,1-2H3. The van der Waals surface area contributed by atoms with Crippen LogP contribution in [0.25, 0.3) is 0 Å². The zero-order chi connectivity index (χ0) is 21.4. The minimum Gasteiger partial charge on any atom is -0.434 e. The zero-order valence-corrected chi connectivity index (χ0v) is 19.2. The minimum atomic E-state index is -0.848. The molecule has 0 spiro atoms. The molecule has 0 unspecified atom stereocenters. The Morgan fingerprint density at radius 2 is 1.10 bits per heavy atom. The van der Waals surface area contributed by atoms with E-state index in [-0.39, 0.29) is 0 Å². The van der Waals surface area contributed by atoms with Gasteiger partial charge in [-0.3, -0.25) is 4.79 Å². The Morgan fingerprint density at radius 1 is 0.621 bits per heavy atom. The third-order valence-corrected chi connectivity index (χ3v) is 5.06. The highest BCUT2D eigenvalue weighted by atomic mass is 16.7. The van der Waals surface area contributed by atoms with Gasteiger partial charge in [-0.05, 0) is 38.5 Å². The summed E-state index contributed by atoms with van der Waals surface area (Å²) < 4.78 is 9.57. The number of hydrogen-bond acceptors (Lipinski definition) is 4. The van der Waals surface area contributed by atoms with Crippen molar-refractivity contribution in [2.24, 2.45) is 0 Å². The molecule has 0 bridgehead atoms. The molecule has 0 saturated heterocycles. The molecule has 170 valence electrons. The average molecular weight is 411 g/mol. The number of ether oxygens (including phenoxy) is 2. The van der Waals surface area contributed by atoms with Gasteiger partial charge in [0.05, 0.1) is 6.61 Å². The van der Waals surface area contributed by atoms with Gasteiger partial charge in [0.1, 0.15) is 0 Å². The second-order valence-corrected chi connectivity index (χ2v) is 7.97. The molecule has 0 aliphatic carbocycles. The van der Waals surface area contributed by atoms with E-state index in [9.17, 15) is 9.59 Å². The summed E-state index contributed by atoms with van der Waals surface area (Å²) in [5.41, 5.74) is 0. The molecule has 0 aromatic carbocycles. The van der Waals surface area contributed by atoms with Crippen LogP contribution in [0.4, 0.5) is 4.79 Å². The fourth-order valence-electron chi connectivity index (χ4n) is 3.20. The molecule has 0 aromatic heterocycles. The number of allylic oxidation sites excluding steroid dienone is 2. The third kappa shape index (κ3) is 22.8. The van der Waals surface area contributed by atoms with Crippen LogP contribution in [0.3, 0.4) is 0 Å². The SMILES string of the molecule is CCCCCCCCC=CCCCCCCCC(=O)OC(=O)OCCCCCC. The summed E-state index contributed by atoms with van der Waals surface area (Å²) in [6.07, 6.45) is 24.1. The highest BCUT2D eigenvalue weighted by Crippen LogP contribution is 2.10. The highest BCUT2D eigenvalue weighted by molar-refractivity contribution is 5.81. The zero-order valence-electron chi connectivity index (χ0n) is 19.2. The van der Waals surface area contributed by atoms with Gasteiger partial charge in [-0.2, -0.15) is 0 Å². The molecule has 4 heteroatoms. The summed E-state index contributed by atoms with van der Waals surface area (Å²) in [6, 6.07) is 0. The molecule has 0 aliphatic rings. The van der Waals surface area contributed by atoms with Crippen molar-refractivity contribution in [3.8, 4) is 0 Å². The van der Waals surface area contributed by atoms with E-state index in [1.165, 1.54) is 57.8 Å². The molecular formula is C25H46O4. The summed E-state index contributed by atoms with van der Waals surface area (Å²) in [4.78, 5) is 23.0. The smallest absolute Gasteiger partial charge is 0.434 e. The monoisotopic (exact) mass is 410 g/mol. The van der Waals surface area contributed by atoms with Crippen molar-refractivity contribution in [1.29, 1.82) is 0 Å². The van der Waals surface area contributed by atoms with Gasteiger partial charge in [-0.25, -0.2) is 4.79 Å². The predicted octanol–water partition coefficient (Wildman–Crippen LogP) is 8.28. The Balaban J connectivity index is 3.33. The Bertz CT molecular complexity index is 404. The van der Waals surface area contributed by atoms with Gasteiger partial charge in [0.2, 0.25) is 0 Å². The van der Waals surface area contributed by atoms with Gasteiger partial charge >= 0.3 is 12.1 Å². The minimum absolute atomic E-state index is 0.295. The van der Waals surface area contributed by atoms with Crippen LogP contribution in [-0.4, -0.2) is 18.7 Å². The molecule has 0 saturated carbocycles. The average Bonchev–Trinajstić information content (AvgIpc) is 2.70.